The number of carbonyl (C=O) groups excluding carboxylic acids is 2. The van der Waals surface area contributed by atoms with E-state index in [1.165, 1.54) is 0 Å². The van der Waals surface area contributed by atoms with Gasteiger partial charge in [-0.25, -0.2) is 5.84 Å². The summed E-state index contributed by atoms with van der Waals surface area (Å²) in [7, 11) is 0. The van der Waals surface area contributed by atoms with Crippen LogP contribution in [0.3, 0.4) is 0 Å². The van der Waals surface area contributed by atoms with Gasteiger partial charge in [0.05, 0.1) is 6.61 Å². The van der Waals surface area contributed by atoms with E-state index >= 15 is 0 Å². The van der Waals surface area contributed by atoms with E-state index in [4.69, 9.17) is 15.3 Å². The van der Waals surface area contributed by atoms with E-state index in [1.807, 2.05) is 0 Å². The summed E-state index contributed by atoms with van der Waals surface area (Å²) >= 11 is 0. The molecule has 0 radical (unpaired) electrons. The summed E-state index contributed by atoms with van der Waals surface area (Å²) in [6.07, 6.45) is 3.34. The van der Waals surface area contributed by atoms with Crippen LogP contribution >= 0.6 is 0 Å². The molecule has 2 saturated heterocycles. The van der Waals surface area contributed by atoms with Gasteiger partial charge in [-0.3, -0.25) is 15.0 Å². The molecule has 7 nitrogen and oxygen atoms in total. The summed E-state index contributed by atoms with van der Waals surface area (Å²) < 4.78 is 10.8. The molecule has 2 rings (SSSR count). The Morgan fingerprint density at radius 3 is 2.48 bits per heavy atom. The van der Waals surface area contributed by atoms with Crippen LogP contribution in [-0.4, -0.2) is 56.2 Å². The van der Waals surface area contributed by atoms with E-state index in [9.17, 15) is 9.59 Å². The van der Waals surface area contributed by atoms with E-state index < -0.39 is 0 Å². The lowest BCUT2D eigenvalue weighted by atomic mass is 9.96. The van der Waals surface area contributed by atoms with Crippen LogP contribution in [-0.2, 0) is 19.1 Å². The van der Waals surface area contributed by atoms with Crippen molar-refractivity contribution >= 4 is 11.8 Å². The first-order chi connectivity index (χ1) is 10.2. The maximum absolute atomic E-state index is 12.0. The molecule has 2 aliphatic heterocycles. The van der Waals surface area contributed by atoms with Crippen molar-refractivity contribution in [3.05, 3.63) is 0 Å². The summed E-state index contributed by atoms with van der Waals surface area (Å²) in [4.78, 5) is 25.2. The van der Waals surface area contributed by atoms with Gasteiger partial charge in [-0.1, -0.05) is 0 Å². The second-order valence-electron chi connectivity index (χ2n) is 5.73. The molecule has 0 atom stereocenters. The Hall–Kier alpha value is -1.18. The summed E-state index contributed by atoms with van der Waals surface area (Å²) in [5.41, 5.74) is 2.17. The highest BCUT2D eigenvalue weighted by atomic mass is 16.5. The minimum absolute atomic E-state index is 0.00802. The van der Waals surface area contributed by atoms with Crippen LogP contribution < -0.4 is 11.3 Å². The van der Waals surface area contributed by atoms with E-state index in [1.54, 1.807) is 4.90 Å². The fraction of sp³-hybridized carbons (Fsp3) is 0.857. The van der Waals surface area contributed by atoms with E-state index in [0.29, 0.717) is 38.5 Å². The number of hydrazine groups is 1. The van der Waals surface area contributed by atoms with Crippen LogP contribution in [0.1, 0.15) is 25.7 Å². The number of nitrogens with zero attached hydrogens (tertiary/aromatic N) is 1. The number of piperidine rings is 1. The molecule has 21 heavy (non-hydrogen) atoms. The van der Waals surface area contributed by atoms with Crippen LogP contribution in [0.2, 0.25) is 0 Å². The molecule has 0 aromatic rings. The van der Waals surface area contributed by atoms with Crippen molar-refractivity contribution in [1.82, 2.24) is 10.3 Å². The first-order valence-corrected chi connectivity index (χ1v) is 7.64. The highest BCUT2D eigenvalue weighted by Crippen LogP contribution is 2.18. The number of hydrogen-bond donors (Lipinski definition) is 2. The number of carbonyl (C=O) groups is 2. The molecule has 0 bridgehead atoms. The van der Waals surface area contributed by atoms with Crippen molar-refractivity contribution in [2.24, 2.45) is 17.7 Å². The Labute approximate surface area is 125 Å². The second kappa shape index (κ2) is 8.31. The minimum atomic E-state index is -0.141. The van der Waals surface area contributed by atoms with Gasteiger partial charge in [0, 0.05) is 32.2 Å². The fourth-order valence-electron chi connectivity index (χ4n) is 2.83. The standard InChI is InChI=1S/C14H25N3O4/c15-16-14(19)12-1-5-17(6-2-12)13(18)10-21-9-11-3-7-20-8-4-11/h11-12H,1-10,15H2,(H,16,19). The number of nitrogens with two attached hydrogens (primary N) is 1. The van der Waals surface area contributed by atoms with Gasteiger partial charge in [0.1, 0.15) is 6.61 Å². The molecule has 2 amide bonds. The van der Waals surface area contributed by atoms with Gasteiger partial charge in [-0.15, -0.1) is 0 Å². The third kappa shape index (κ3) is 4.94. The third-order valence-corrected chi connectivity index (χ3v) is 4.28. The van der Waals surface area contributed by atoms with Crippen LogP contribution in [0.15, 0.2) is 0 Å². The molecular weight excluding hydrogens is 274 g/mol. The lowest BCUT2D eigenvalue weighted by molar-refractivity contribution is -0.140. The van der Waals surface area contributed by atoms with Crippen LogP contribution in [0.4, 0.5) is 0 Å². The van der Waals surface area contributed by atoms with Crippen molar-refractivity contribution in [3.63, 3.8) is 0 Å². The van der Waals surface area contributed by atoms with Crippen LogP contribution in [0, 0.1) is 11.8 Å². The minimum Gasteiger partial charge on any atom is -0.381 e. The number of hydrogen-bond acceptors (Lipinski definition) is 5. The monoisotopic (exact) mass is 299 g/mol. The molecule has 0 aromatic carbocycles. The van der Waals surface area contributed by atoms with Crippen molar-refractivity contribution in [2.45, 2.75) is 25.7 Å². The van der Waals surface area contributed by atoms with Crippen molar-refractivity contribution in [1.29, 1.82) is 0 Å². The molecule has 2 fully saturated rings. The average molecular weight is 299 g/mol. The van der Waals surface area contributed by atoms with Crippen LogP contribution in [0.25, 0.3) is 0 Å². The van der Waals surface area contributed by atoms with Gasteiger partial charge in [-0.2, -0.15) is 0 Å². The number of rotatable bonds is 5. The molecule has 3 N–H and O–H groups in total. The van der Waals surface area contributed by atoms with E-state index in [2.05, 4.69) is 5.43 Å². The highest BCUT2D eigenvalue weighted by molar-refractivity contribution is 5.80. The fourth-order valence-corrected chi connectivity index (χ4v) is 2.83. The predicted octanol–water partition coefficient (Wildman–Crippen LogP) is -0.342. The van der Waals surface area contributed by atoms with Crippen molar-refractivity contribution < 1.29 is 19.1 Å². The number of ether oxygens (including phenoxy) is 2. The number of amides is 2. The molecule has 0 saturated carbocycles. The normalized spacial score (nSPS) is 21.3. The Bertz CT molecular complexity index is 350. The molecule has 2 heterocycles. The summed E-state index contributed by atoms with van der Waals surface area (Å²) in [5, 5.41) is 0. The molecule has 0 spiro atoms. The van der Waals surface area contributed by atoms with Gasteiger partial charge in [0.15, 0.2) is 0 Å². The quantitative estimate of drug-likeness (QED) is 0.411. The first-order valence-electron chi connectivity index (χ1n) is 7.64. The van der Waals surface area contributed by atoms with Gasteiger partial charge in [0.25, 0.3) is 0 Å². The molecule has 7 heteroatoms. The molecule has 0 aromatic heterocycles. The zero-order valence-corrected chi connectivity index (χ0v) is 12.4. The lowest BCUT2D eigenvalue weighted by Gasteiger charge is -2.31. The van der Waals surface area contributed by atoms with Crippen molar-refractivity contribution in [3.8, 4) is 0 Å². The zero-order chi connectivity index (χ0) is 15.1. The number of likely N-dealkylation sites (tertiary alicyclic amines) is 1. The first kappa shape index (κ1) is 16.2. The summed E-state index contributed by atoms with van der Waals surface area (Å²) in [6.45, 7) is 3.53. The van der Waals surface area contributed by atoms with Gasteiger partial charge in [0.2, 0.25) is 11.8 Å². The summed E-state index contributed by atoms with van der Waals surface area (Å²) in [5.74, 6) is 5.42. The Morgan fingerprint density at radius 2 is 1.86 bits per heavy atom. The Kier molecular flexibility index (Phi) is 6.41. The Balaban J connectivity index is 1.62. The lowest BCUT2D eigenvalue weighted by Crippen LogP contribution is -2.45. The van der Waals surface area contributed by atoms with E-state index in [-0.39, 0.29) is 24.3 Å². The van der Waals surface area contributed by atoms with Gasteiger partial charge < -0.3 is 14.4 Å². The second-order valence-corrected chi connectivity index (χ2v) is 5.73. The highest BCUT2D eigenvalue weighted by Gasteiger charge is 2.27. The maximum Gasteiger partial charge on any atom is 0.248 e. The van der Waals surface area contributed by atoms with Crippen molar-refractivity contribution in [2.75, 3.05) is 39.5 Å². The maximum atomic E-state index is 12.0. The third-order valence-electron chi connectivity index (χ3n) is 4.28. The van der Waals surface area contributed by atoms with Crippen LogP contribution in [0.5, 0.6) is 0 Å². The molecule has 120 valence electrons. The van der Waals surface area contributed by atoms with Gasteiger partial charge in [-0.05, 0) is 31.6 Å². The Morgan fingerprint density at radius 1 is 1.19 bits per heavy atom. The predicted molar refractivity (Wildman–Crippen MR) is 76.0 cm³/mol. The topological polar surface area (TPSA) is 93.9 Å². The zero-order valence-electron chi connectivity index (χ0n) is 12.4. The number of nitrogens with one attached hydrogen (secondary N) is 1. The molecule has 2 aliphatic rings. The van der Waals surface area contributed by atoms with E-state index in [0.717, 1.165) is 26.1 Å². The molecular formula is C14H25N3O4. The molecule has 0 unspecified atom stereocenters. The SMILES string of the molecule is NNC(=O)C1CCN(C(=O)COCC2CCOCC2)CC1. The largest absolute Gasteiger partial charge is 0.381 e. The smallest absolute Gasteiger partial charge is 0.248 e. The molecule has 0 aliphatic carbocycles. The van der Waals surface area contributed by atoms with Gasteiger partial charge >= 0.3 is 0 Å². The average Bonchev–Trinajstić information content (AvgIpc) is 2.55. The summed E-state index contributed by atoms with van der Waals surface area (Å²) in [6, 6.07) is 0.